The van der Waals surface area contributed by atoms with E-state index in [0.29, 0.717) is 17.0 Å². The fourth-order valence-corrected chi connectivity index (χ4v) is 3.59. The fourth-order valence-electron chi connectivity index (χ4n) is 3.29. The second-order valence-corrected chi connectivity index (χ2v) is 6.89. The molecule has 1 aliphatic carbocycles. The average Bonchev–Trinajstić information content (AvgIpc) is 3.36. The van der Waals surface area contributed by atoms with Gasteiger partial charge in [-0.05, 0) is 31.4 Å². The number of nitrogens with zero attached hydrogens (tertiary/aromatic N) is 1. The second kappa shape index (κ2) is 7.51. The van der Waals surface area contributed by atoms with E-state index >= 15 is 0 Å². The summed E-state index contributed by atoms with van der Waals surface area (Å²) in [6, 6.07) is 4.49. The van der Waals surface area contributed by atoms with Gasteiger partial charge >= 0.3 is 5.97 Å². The zero-order valence-corrected chi connectivity index (χ0v) is 14.2. The van der Waals surface area contributed by atoms with Crippen molar-refractivity contribution in [3.05, 3.63) is 34.6 Å². The number of esters is 1. The molecule has 0 N–H and O–H groups in total. The summed E-state index contributed by atoms with van der Waals surface area (Å²) in [4.78, 5) is 26.0. The maximum absolute atomic E-state index is 13.9. The van der Waals surface area contributed by atoms with E-state index in [4.69, 9.17) is 16.3 Å². The smallest absolute Gasteiger partial charge is 0.310 e. The van der Waals surface area contributed by atoms with Crippen molar-refractivity contribution in [1.29, 1.82) is 0 Å². The number of carbonyl (C=O) groups is 2. The van der Waals surface area contributed by atoms with Gasteiger partial charge in [0.2, 0.25) is 0 Å². The van der Waals surface area contributed by atoms with Crippen molar-refractivity contribution in [1.82, 2.24) is 4.90 Å². The molecule has 2 atom stereocenters. The Morgan fingerprint density at radius 1 is 1.21 bits per heavy atom. The van der Waals surface area contributed by atoms with Gasteiger partial charge < -0.3 is 9.64 Å². The van der Waals surface area contributed by atoms with Gasteiger partial charge in [-0.2, -0.15) is 0 Å². The summed E-state index contributed by atoms with van der Waals surface area (Å²) in [6.07, 6.45) is 4.77. The molecule has 0 aromatic heterocycles. The molecule has 1 amide bonds. The van der Waals surface area contributed by atoms with Gasteiger partial charge in [-0.3, -0.25) is 9.59 Å². The lowest BCUT2D eigenvalue weighted by atomic mass is 10.1. The minimum absolute atomic E-state index is 0.147. The minimum atomic E-state index is -0.442. The number of amides is 1. The van der Waals surface area contributed by atoms with Crippen LogP contribution in [0.4, 0.5) is 4.39 Å². The fraction of sp³-hybridized carbons (Fsp3) is 0.556. The van der Waals surface area contributed by atoms with Gasteiger partial charge in [-0.1, -0.05) is 30.5 Å². The van der Waals surface area contributed by atoms with Crippen LogP contribution in [0, 0.1) is 11.7 Å². The van der Waals surface area contributed by atoms with E-state index in [2.05, 4.69) is 0 Å². The van der Waals surface area contributed by atoms with Crippen LogP contribution >= 0.6 is 11.6 Å². The van der Waals surface area contributed by atoms with Crippen LogP contribution in [0.3, 0.4) is 0 Å². The molecule has 3 rings (SSSR count). The Labute approximate surface area is 145 Å². The highest BCUT2D eigenvalue weighted by molar-refractivity contribution is 6.31. The van der Waals surface area contributed by atoms with Crippen molar-refractivity contribution in [3.8, 4) is 0 Å². The third kappa shape index (κ3) is 3.89. The summed E-state index contributed by atoms with van der Waals surface area (Å²) >= 11 is 6.03. The third-order valence-corrected chi connectivity index (χ3v) is 5.09. The first kappa shape index (κ1) is 17.2. The van der Waals surface area contributed by atoms with E-state index in [0.717, 1.165) is 38.8 Å². The number of hydrogen-bond acceptors (Lipinski definition) is 3. The summed E-state index contributed by atoms with van der Waals surface area (Å²) in [7, 11) is 0. The molecule has 0 bridgehead atoms. The molecule has 2 aliphatic rings. The third-order valence-electron chi connectivity index (χ3n) is 4.76. The molecule has 4 nitrogen and oxygen atoms in total. The van der Waals surface area contributed by atoms with Gasteiger partial charge in [0, 0.05) is 29.6 Å². The topological polar surface area (TPSA) is 46.6 Å². The Balaban J connectivity index is 1.51. The molecular weight excluding hydrogens is 333 g/mol. The number of ether oxygens (including phenoxy) is 1. The maximum atomic E-state index is 13.9. The van der Waals surface area contributed by atoms with E-state index in [1.54, 1.807) is 11.0 Å². The predicted molar refractivity (Wildman–Crippen MR) is 88.3 cm³/mol. The van der Waals surface area contributed by atoms with Gasteiger partial charge in [0.25, 0.3) is 5.91 Å². The van der Waals surface area contributed by atoms with Crippen LogP contribution in [0.2, 0.25) is 5.02 Å². The van der Waals surface area contributed by atoms with Gasteiger partial charge in [-0.15, -0.1) is 0 Å². The molecule has 0 radical (unpaired) electrons. The number of benzene rings is 1. The van der Waals surface area contributed by atoms with E-state index in [1.807, 2.05) is 0 Å². The lowest BCUT2D eigenvalue weighted by Gasteiger charge is -2.19. The molecule has 1 aromatic carbocycles. The first-order valence-corrected chi connectivity index (χ1v) is 8.84. The van der Waals surface area contributed by atoms with Crippen LogP contribution in [-0.2, 0) is 14.3 Å². The Morgan fingerprint density at radius 3 is 2.58 bits per heavy atom. The first-order valence-electron chi connectivity index (χ1n) is 8.46. The van der Waals surface area contributed by atoms with Crippen molar-refractivity contribution in [2.75, 3.05) is 19.7 Å². The molecule has 1 saturated heterocycles. The summed E-state index contributed by atoms with van der Waals surface area (Å²) in [5, 5.41) is 0.330. The SMILES string of the molecule is O=C(OCC(=O)N1CCCCCC1)[C@@H]1C[C@H]1c1c(F)cccc1Cl. The normalized spacial score (nSPS) is 23.5. The molecule has 0 spiro atoms. The molecule has 1 heterocycles. The summed E-state index contributed by atoms with van der Waals surface area (Å²) in [6.45, 7) is 1.23. The van der Waals surface area contributed by atoms with Gasteiger partial charge in [0.15, 0.2) is 6.61 Å². The first-order chi connectivity index (χ1) is 11.6. The highest BCUT2D eigenvalue weighted by atomic mass is 35.5. The Hall–Kier alpha value is -1.62. The molecule has 2 fully saturated rings. The summed E-state index contributed by atoms with van der Waals surface area (Å²) < 4.78 is 19.0. The Bertz CT molecular complexity index is 608. The van der Waals surface area contributed by atoms with Crippen molar-refractivity contribution in [2.45, 2.75) is 38.0 Å². The number of likely N-dealkylation sites (tertiary alicyclic amines) is 1. The predicted octanol–water partition coefficient (Wildman–Crippen LogP) is 3.53. The highest BCUT2D eigenvalue weighted by Gasteiger charge is 2.47. The minimum Gasteiger partial charge on any atom is -0.455 e. The second-order valence-electron chi connectivity index (χ2n) is 6.49. The van der Waals surface area contributed by atoms with E-state index < -0.39 is 17.7 Å². The molecule has 1 aromatic rings. The lowest BCUT2D eigenvalue weighted by Crippen LogP contribution is -2.35. The van der Waals surface area contributed by atoms with E-state index in [1.165, 1.54) is 12.1 Å². The van der Waals surface area contributed by atoms with Crippen molar-refractivity contribution < 1.29 is 18.7 Å². The zero-order valence-electron chi connectivity index (χ0n) is 13.5. The van der Waals surface area contributed by atoms with Gasteiger partial charge in [0.05, 0.1) is 5.92 Å². The average molecular weight is 354 g/mol. The largest absolute Gasteiger partial charge is 0.455 e. The zero-order chi connectivity index (χ0) is 17.1. The maximum Gasteiger partial charge on any atom is 0.310 e. The Morgan fingerprint density at radius 2 is 1.92 bits per heavy atom. The molecule has 6 heteroatoms. The number of rotatable bonds is 4. The van der Waals surface area contributed by atoms with Crippen LogP contribution in [0.15, 0.2) is 18.2 Å². The Kier molecular flexibility index (Phi) is 5.39. The number of hydrogen-bond donors (Lipinski definition) is 0. The summed E-state index contributed by atoms with van der Waals surface area (Å²) in [5.41, 5.74) is 0.375. The van der Waals surface area contributed by atoms with Crippen LogP contribution in [-0.4, -0.2) is 36.5 Å². The highest BCUT2D eigenvalue weighted by Crippen LogP contribution is 2.51. The molecule has 24 heavy (non-hydrogen) atoms. The van der Waals surface area contributed by atoms with Gasteiger partial charge in [0.1, 0.15) is 5.82 Å². The quantitative estimate of drug-likeness (QED) is 0.778. The standard InChI is InChI=1S/C18H21ClFNO3/c19-14-6-5-7-15(20)17(14)12-10-13(12)18(23)24-11-16(22)21-8-3-1-2-4-9-21/h5-7,12-13H,1-4,8-11H2/t12-,13-/m1/s1. The number of carbonyl (C=O) groups excluding carboxylic acids is 2. The van der Waals surface area contributed by atoms with Crippen molar-refractivity contribution >= 4 is 23.5 Å². The monoisotopic (exact) mass is 353 g/mol. The molecular formula is C18H21ClFNO3. The molecule has 1 saturated carbocycles. The van der Waals surface area contributed by atoms with E-state index in [-0.39, 0.29) is 18.4 Å². The van der Waals surface area contributed by atoms with Crippen molar-refractivity contribution in [3.63, 3.8) is 0 Å². The molecule has 130 valence electrons. The number of halogens is 2. The lowest BCUT2D eigenvalue weighted by molar-refractivity contribution is -0.153. The molecule has 1 aliphatic heterocycles. The van der Waals surface area contributed by atoms with Gasteiger partial charge in [-0.25, -0.2) is 4.39 Å². The van der Waals surface area contributed by atoms with Crippen molar-refractivity contribution in [2.24, 2.45) is 5.92 Å². The van der Waals surface area contributed by atoms with Crippen LogP contribution in [0.25, 0.3) is 0 Å². The molecule has 0 unspecified atom stereocenters. The van der Waals surface area contributed by atoms with Crippen LogP contribution < -0.4 is 0 Å². The van der Waals surface area contributed by atoms with Crippen LogP contribution in [0.5, 0.6) is 0 Å². The summed E-state index contributed by atoms with van der Waals surface area (Å²) in [5.74, 6) is -1.65. The van der Waals surface area contributed by atoms with E-state index in [9.17, 15) is 14.0 Å². The van der Waals surface area contributed by atoms with Crippen LogP contribution in [0.1, 0.15) is 43.6 Å².